The quantitative estimate of drug-likeness (QED) is 0.0308. The van der Waals surface area contributed by atoms with Crippen molar-refractivity contribution in [2.75, 3.05) is 13.2 Å². The highest BCUT2D eigenvalue weighted by Crippen LogP contribution is 2.59. The number of hydrogen-bond donors (Lipinski definition) is 8. The van der Waals surface area contributed by atoms with Gasteiger partial charge in [0.1, 0.15) is 36.5 Å². The number of primary amides is 1. The maximum absolute atomic E-state index is 14.5. The molecular formula is C59H72ClF2N8O12PS2. The first-order chi connectivity index (χ1) is 40.1. The standard InChI is InChI=1S/C59H72ClF2N8O12PS2/c1-32(34-16-18-36(19-17-34)51-33(2)64-31-84-51)65-54(75)44-28-41(71)29-69(44)57(78)52(58(3,4)5)68-49(73)15-9-11-35-10-8-14-45(50(35)60)82-30-39(21-25-48(63)72)66-53(74)43-23-22-40-12-6-7-13-42(56(77)70(40)43)67-55(76)47-27-37-26-38(20-24-46(37)85-47)59(61,62)83(79,80)81/h8,10,14,16-20,24,26-27,31-32,39-44,52,71H,6-7,9,11-13,15,21-23,25,28-30H2,1-5H3,(H2,63,72)(H,65,75)(H,66,74)(H,67,76)(H,68,73)(H2,79,80,81)/t32-,39-,40-,41+,42-,43-,44-,52+/m0/s1. The number of aliphatic hydroxyl groups is 1. The second-order valence-electron chi connectivity index (χ2n) is 23.2. The number of benzene rings is 3. The van der Waals surface area contributed by atoms with Crippen LogP contribution in [0.1, 0.15) is 136 Å². The second-order valence-corrected chi connectivity index (χ2v) is 27.2. The van der Waals surface area contributed by atoms with Crippen LogP contribution in [0.25, 0.3) is 20.5 Å². The fraction of sp³-hybridized carbons (Fsp3) is 0.492. The molecule has 7 amide bonds. The number of aliphatic hydroxyl groups excluding tert-OH is 1. The molecular weight excluding hydrogens is 1180 g/mol. The van der Waals surface area contributed by atoms with E-state index in [9.17, 15) is 61.8 Å². The number of halogens is 3. The van der Waals surface area contributed by atoms with Gasteiger partial charge in [0.15, 0.2) is 0 Å². The number of alkyl halides is 2. The predicted molar refractivity (Wildman–Crippen MR) is 318 cm³/mol. The summed E-state index contributed by atoms with van der Waals surface area (Å²) >= 11 is 9.40. The fourth-order valence-corrected chi connectivity index (χ4v) is 13.7. The third kappa shape index (κ3) is 15.4. The number of fused-ring (bicyclic) bond motifs is 2. The normalized spacial score (nSPS) is 20.4. The highest BCUT2D eigenvalue weighted by Gasteiger charge is 2.51. The summed E-state index contributed by atoms with van der Waals surface area (Å²) in [5, 5.41) is 22.8. The Balaban J connectivity index is 0.853. The third-order valence-corrected chi connectivity index (χ3v) is 19.4. The van der Waals surface area contributed by atoms with E-state index in [0.29, 0.717) is 55.2 Å². The van der Waals surface area contributed by atoms with Crippen molar-refractivity contribution in [1.82, 2.24) is 36.1 Å². The molecule has 8 rings (SSSR count). The number of likely N-dealkylation sites (tertiary alicyclic amines) is 1. The van der Waals surface area contributed by atoms with E-state index in [0.717, 1.165) is 45.2 Å². The number of carbonyl (C=O) groups excluding carboxylic acids is 7. The highest BCUT2D eigenvalue weighted by molar-refractivity contribution is 7.52. The lowest BCUT2D eigenvalue weighted by Gasteiger charge is -2.35. The number of carbonyl (C=O) groups is 7. The second kappa shape index (κ2) is 27.1. The van der Waals surface area contributed by atoms with E-state index in [1.165, 1.54) is 21.9 Å². The zero-order chi connectivity index (χ0) is 61.7. The first-order valence-electron chi connectivity index (χ1n) is 28.3. The van der Waals surface area contributed by atoms with Gasteiger partial charge in [-0.15, -0.1) is 22.7 Å². The van der Waals surface area contributed by atoms with E-state index < -0.39 is 108 Å². The van der Waals surface area contributed by atoms with Crippen LogP contribution in [0.4, 0.5) is 8.78 Å². The van der Waals surface area contributed by atoms with Crippen molar-refractivity contribution < 1.29 is 66.5 Å². The molecule has 20 nitrogen and oxygen atoms in total. The van der Waals surface area contributed by atoms with Crippen LogP contribution in [0.5, 0.6) is 5.75 Å². The van der Waals surface area contributed by atoms with Gasteiger partial charge in [0, 0.05) is 42.1 Å². The van der Waals surface area contributed by atoms with E-state index in [1.54, 1.807) is 35.0 Å². The molecule has 5 aromatic rings. The maximum Gasteiger partial charge on any atom is 0.399 e. The van der Waals surface area contributed by atoms with E-state index in [1.807, 2.05) is 58.9 Å². The molecule has 8 atom stereocenters. The predicted octanol–water partition coefficient (Wildman–Crippen LogP) is 7.77. The monoisotopic (exact) mass is 1250 g/mol. The Morgan fingerprint density at radius 2 is 1.65 bits per heavy atom. The van der Waals surface area contributed by atoms with Gasteiger partial charge in [0.25, 0.3) is 5.91 Å². The van der Waals surface area contributed by atoms with Gasteiger partial charge < -0.3 is 56.4 Å². The lowest BCUT2D eigenvalue weighted by Crippen LogP contribution is -2.57. The molecule has 0 aliphatic carbocycles. The molecule has 3 aliphatic rings. The van der Waals surface area contributed by atoms with Gasteiger partial charge in [0.05, 0.1) is 44.2 Å². The molecule has 0 saturated carbocycles. The van der Waals surface area contributed by atoms with Crippen molar-refractivity contribution in [1.29, 1.82) is 0 Å². The van der Waals surface area contributed by atoms with E-state index in [-0.39, 0.29) is 72.3 Å². The van der Waals surface area contributed by atoms with Gasteiger partial charge in [-0.25, -0.2) is 4.98 Å². The number of hydrogen-bond acceptors (Lipinski definition) is 13. The number of nitrogens with two attached hydrogens (primary N) is 1. The van der Waals surface area contributed by atoms with Crippen LogP contribution in [0.3, 0.4) is 0 Å². The first-order valence-corrected chi connectivity index (χ1v) is 32.0. The molecule has 85 heavy (non-hydrogen) atoms. The Morgan fingerprint density at radius 1 is 0.929 bits per heavy atom. The zero-order valence-electron chi connectivity index (χ0n) is 47.8. The average molecular weight is 1250 g/mol. The lowest BCUT2D eigenvalue weighted by atomic mass is 9.85. The fourth-order valence-electron chi connectivity index (χ4n) is 11.2. The Hall–Kier alpha value is -6.40. The minimum absolute atomic E-state index is 0.00671. The van der Waals surface area contributed by atoms with Crippen molar-refractivity contribution >= 4 is 93.3 Å². The molecule has 458 valence electrons. The smallest absolute Gasteiger partial charge is 0.399 e. The summed E-state index contributed by atoms with van der Waals surface area (Å²) < 4.78 is 47.1. The Kier molecular flexibility index (Phi) is 20.6. The topological polar surface area (TPSA) is 300 Å². The van der Waals surface area contributed by atoms with Crippen molar-refractivity contribution in [2.45, 2.75) is 166 Å². The molecule has 26 heteroatoms. The molecule has 3 fully saturated rings. The number of thiophene rings is 1. The summed E-state index contributed by atoms with van der Waals surface area (Å²) in [5.74, 6) is -3.32. The molecule has 3 saturated heterocycles. The molecule has 0 bridgehead atoms. The minimum Gasteiger partial charge on any atom is -0.490 e. The zero-order valence-corrected chi connectivity index (χ0v) is 51.1. The molecule has 0 unspecified atom stereocenters. The molecule has 0 spiro atoms. The Morgan fingerprint density at radius 3 is 2.33 bits per heavy atom. The van der Waals surface area contributed by atoms with Crippen LogP contribution in [0, 0.1) is 12.3 Å². The number of thiazole rings is 1. The van der Waals surface area contributed by atoms with E-state index in [4.69, 9.17) is 22.1 Å². The molecule has 2 aromatic heterocycles. The summed E-state index contributed by atoms with van der Waals surface area (Å²) in [7, 11) is -5.84. The number of ether oxygens (including phenoxy) is 1. The third-order valence-electron chi connectivity index (χ3n) is 15.9. The summed E-state index contributed by atoms with van der Waals surface area (Å²) in [4.78, 5) is 123. The summed E-state index contributed by atoms with van der Waals surface area (Å²) in [5.41, 5.74) is 4.63. The van der Waals surface area contributed by atoms with Gasteiger partial charge in [0.2, 0.25) is 35.4 Å². The number of amides is 7. The van der Waals surface area contributed by atoms with Crippen molar-refractivity contribution in [3.63, 3.8) is 0 Å². The van der Waals surface area contributed by atoms with Crippen molar-refractivity contribution in [3.8, 4) is 16.2 Å². The molecule has 3 aromatic carbocycles. The number of nitrogens with one attached hydrogen (secondary N) is 4. The van der Waals surface area contributed by atoms with Crippen LogP contribution < -0.4 is 31.7 Å². The van der Waals surface area contributed by atoms with Crippen molar-refractivity contribution in [2.24, 2.45) is 11.1 Å². The first kappa shape index (κ1) is 64.6. The molecule has 9 N–H and O–H groups in total. The highest BCUT2D eigenvalue weighted by atomic mass is 35.5. The van der Waals surface area contributed by atoms with Gasteiger partial charge in [-0.2, -0.15) is 8.78 Å². The molecule has 5 heterocycles. The van der Waals surface area contributed by atoms with Gasteiger partial charge in [-0.1, -0.05) is 87.7 Å². The Bertz CT molecular complexity index is 3360. The SMILES string of the molecule is Cc1ncsc1-c1ccc([C@H](C)NC(=O)[C@@H]2C[C@@H](O)CN2C(=O)[C@@H](NC(=O)CCCc2cccc(OC[C@H](CCC(N)=O)NC(=O)[C@@H]3CC[C@@H]4CCCC[C@H](NC(=O)c5cc6cc(C(F)(F)P(=O)(O)O)ccc6s5)C(=O)N43)c2Cl)C(C)(C)C)cc1. The Labute approximate surface area is 504 Å². The number of nitrogens with zero attached hydrogens (tertiary/aromatic N) is 3. The summed E-state index contributed by atoms with van der Waals surface area (Å²) in [6.07, 6.45) is 2.72. The van der Waals surface area contributed by atoms with Crippen LogP contribution in [-0.4, -0.2) is 127 Å². The van der Waals surface area contributed by atoms with Crippen LogP contribution >= 0.6 is 41.9 Å². The number of β-amino-alcohol motifs (C(OH)–C–C–N with tert-alkyl or cyclic N) is 1. The molecule has 0 radical (unpaired) electrons. The average Bonchev–Trinajstić information content (AvgIpc) is 3.85. The van der Waals surface area contributed by atoms with Crippen molar-refractivity contribution in [3.05, 3.63) is 105 Å². The van der Waals surface area contributed by atoms with Crippen LogP contribution in [0.2, 0.25) is 5.02 Å². The van der Waals surface area contributed by atoms with E-state index >= 15 is 0 Å². The number of aromatic nitrogens is 1. The summed E-state index contributed by atoms with van der Waals surface area (Å²) in [6.45, 7) is 8.98. The number of aryl methyl sites for hydroxylation is 2. The minimum atomic E-state index is -5.84. The number of rotatable bonds is 22. The lowest BCUT2D eigenvalue weighted by molar-refractivity contribution is -0.144. The van der Waals surface area contributed by atoms with Crippen LogP contribution in [-0.2, 0) is 45.4 Å². The van der Waals surface area contributed by atoms with Gasteiger partial charge in [-0.3, -0.25) is 38.1 Å². The van der Waals surface area contributed by atoms with E-state index in [2.05, 4.69) is 26.3 Å². The summed E-state index contributed by atoms with van der Waals surface area (Å²) in [6, 6.07) is 11.8. The van der Waals surface area contributed by atoms with Gasteiger partial charge >= 0.3 is 13.3 Å². The molecule has 3 aliphatic heterocycles. The van der Waals surface area contributed by atoms with Gasteiger partial charge in [-0.05, 0) is 111 Å². The maximum atomic E-state index is 14.5. The largest absolute Gasteiger partial charge is 0.490 e. The van der Waals surface area contributed by atoms with Crippen LogP contribution in [0.15, 0.2) is 72.2 Å².